The van der Waals surface area contributed by atoms with Crippen LogP contribution in [0.5, 0.6) is 17.2 Å². The van der Waals surface area contributed by atoms with Crippen molar-refractivity contribution in [3.05, 3.63) is 58.1 Å². The minimum Gasteiger partial charge on any atom is -0.493 e. The number of rotatable bonds is 5. The molecule has 0 aliphatic rings. The van der Waals surface area contributed by atoms with Crippen LogP contribution in [0.1, 0.15) is 11.1 Å². The van der Waals surface area contributed by atoms with Gasteiger partial charge in [0.05, 0.1) is 51.2 Å². The lowest BCUT2D eigenvalue weighted by molar-refractivity contribution is 0.326. The van der Waals surface area contributed by atoms with Gasteiger partial charge in [-0.25, -0.2) is 4.98 Å². The number of ether oxygens (including phenoxy) is 3. The van der Waals surface area contributed by atoms with Crippen LogP contribution in [-0.4, -0.2) is 30.9 Å². The van der Waals surface area contributed by atoms with Crippen molar-refractivity contribution in [2.75, 3.05) is 21.3 Å². The van der Waals surface area contributed by atoms with E-state index in [1.54, 1.807) is 18.2 Å². The van der Waals surface area contributed by atoms with Crippen molar-refractivity contribution >= 4 is 10.9 Å². The van der Waals surface area contributed by atoms with Crippen LogP contribution in [0, 0.1) is 11.3 Å². The third-order valence-electron chi connectivity index (χ3n) is 4.06. The number of aromatic nitrogens is 2. The van der Waals surface area contributed by atoms with Gasteiger partial charge in [0.1, 0.15) is 5.52 Å². The average molecular weight is 351 g/mol. The number of nitrogens with zero attached hydrogens (tertiary/aromatic N) is 3. The molecular weight excluding hydrogens is 334 g/mol. The van der Waals surface area contributed by atoms with Gasteiger partial charge in [0.15, 0.2) is 11.5 Å². The lowest BCUT2D eigenvalue weighted by Gasteiger charge is -2.15. The summed E-state index contributed by atoms with van der Waals surface area (Å²) in [6.07, 6.45) is 1.47. The summed E-state index contributed by atoms with van der Waals surface area (Å²) in [6.45, 7) is 0.337. The zero-order valence-electron chi connectivity index (χ0n) is 14.6. The van der Waals surface area contributed by atoms with Crippen molar-refractivity contribution < 1.29 is 14.2 Å². The zero-order chi connectivity index (χ0) is 18.7. The van der Waals surface area contributed by atoms with E-state index < -0.39 is 0 Å². The van der Waals surface area contributed by atoms with Gasteiger partial charge in [0, 0.05) is 0 Å². The fourth-order valence-corrected chi connectivity index (χ4v) is 2.76. The SMILES string of the molecule is COc1cc2c(=O)n(Cc3ccc(C#N)cc3)cnc2c(OC)c1OC. The highest BCUT2D eigenvalue weighted by Gasteiger charge is 2.19. The van der Waals surface area contributed by atoms with E-state index in [4.69, 9.17) is 19.5 Å². The average Bonchev–Trinajstić information content (AvgIpc) is 2.69. The van der Waals surface area contributed by atoms with Gasteiger partial charge in [-0.2, -0.15) is 5.26 Å². The quantitative estimate of drug-likeness (QED) is 0.701. The summed E-state index contributed by atoms with van der Waals surface area (Å²) in [7, 11) is 4.48. The molecule has 1 aromatic heterocycles. The minimum absolute atomic E-state index is 0.224. The molecule has 0 radical (unpaired) electrons. The van der Waals surface area contributed by atoms with Gasteiger partial charge in [0.25, 0.3) is 5.56 Å². The van der Waals surface area contributed by atoms with Gasteiger partial charge in [-0.3, -0.25) is 9.36 Å². The second-order valence-corrected chi connectivity index (χ2v) is 5.53. The molecular formula is C19H17N3O4. The van der Waals surface area contributed by atoms with Crippen molar-refractivity contribution in [1.29, 1.82) is 5.26 Å². The van der Waals surface area contributed by atoms with Crippen LogP contribution >= 0.6 is 0 Å². The van der Waals surface area contributed by atoms with E-state index in [0.717, 1.165) is 5.56 Å². The standard InChI is InChI=1S/C19H17N3O4/c1-24-15-8-14-16(18(26-3)17(15)25-2)21-11-22(19(14)23)10-13-6-4-12(9-20)5-7-13/h4-8,11H,10H2,1-3H3. The predicted molar refractivity (Wildman–Crippen MR) is 95.9 cm³/mol. The van der Waals surface area contributed by atoms with E-state index in [9.17, 15) is 4.79 Å². The monoisotopic (exact) mass is 351 g/mol. The Balaban J connectivity index is 2.13. The molecule has 0 saturated heterocycles. The minimum atomic E-state index is -0.224. The first kappa shape index (κ1) is 17.3. The molecule has 0 saturated carbocycles. The van der Waals surface area contributed by atoms with Crippen LogP contribution in [-0.2, 0) is 6.54 Å². The molecule has 0 aliphatic heterocycles. The predicted octanol–water partition coefficient (Wildman–Crippen LogP) is 2.34. The summed E-state index contributed by atoms with van der Waals surface area (Å²) in [6, 6.07) is 10.7. The fraction of sp³-hybridized carbons (Fsp3) is 0.211. The van der Waals surface area contributed by atoms with Crippen molar-refractivity contribution in [2.24, 2.45) is 0 Å². The van der Waals surface area contributed by atoms with Gasteiger partial charge >= 0.3 is 0 Å². The molecule has 2 aromatic carbocycles. The molecule has 0 fully saturated rings. The first-order chi connectivity index (χ1) is 12.6. The van der Waals surface area contributed by atoms with Crippen molar-refractivity contribution in [3.63, 3.8) is 0 Å². The Hall–Kier alpha value is -3.53. The van der Waals surface area contributed by atoms with Crippen molar-refractivity contribution in [3.8, 4) is 23.3 Å². The summed E-state index contributed by atoms with van der Waals surface area (Å²) >= 11 is 0. The zero-order valence-corrected chi connectivity index (χ0v) is 14.6. The second kappa shape index (κ2) is 7.15. The molecule has 0 atom stereocenters. The Bertz CT molecular complexity index is 1050. The van der Waals surface area contributed by atoms with Crippen LogP contribution in [0.25, 0.3) is 10.9 Å². The highest BCUT2D eigenvalue weighted by molar-refractivity contribution is 5.89. The molecule has 0 spiro atoms. The third-order valence-corrected chi connectivity index (χ3v) is 4.06. The molecule has 1 heterocycles. The van der Waals surface area contributed by atoms with E-state index in [0.29, 0.717) is 40.3 Å². The molecule has 3 aromatic rings. The largest absolute Gasteiger partial charge is 0.493 e. The molecule has 132 valence electrons. The van der Waals surface area contributed by atoms with E-state index in [1.807, 2.05) is 12.1 Å². The van der Waals surface area contributed by atoms with Crippen LogP contribution in [0.4, 0.5) is 0 Å². The Morgan fingerprint density at radius 3 is 2.35 bits per heavy atom. The molecule has 7 heteroatoms. The van der Waals surface area contributed by atoms with Crippen LogP contribution in [0.3, 0.4) is 0 Å². The van der Waals surface area contributed by atoms with Crippen molar-refractivity contribution in [2.45, 2.75) is 6.54 Å². The third kappa shape index (κ3) is 2.93. The van der Waals surface area contributed by atoms with Gasteiger partial charge < -0.3 is 14.2 Å². The Kier molecular flexibility index (Phi) is 4.76. The summed E-state index contributed by atoms with van der Waals surface area (Å²) < 4.78 is 17.5. The maximum atomic E-state index is 12.9. The van der Waals surface area contributed by atoms with Crippen LogP contribution < -0.4 is 19.8 Å². The Labute approximate surface area is 150 Å². The number of hydrogen-bond acceptors (Lipinski definition) is 6. The number of methoxy groups -OCH3 is 3. The number of hydrogen-bond donors (Lipinski definition) is 0. The molecule has 0 aliphatic carbocycles. The smallest absolute Gasteiger partial charge is 0.261 e. The molecule has 26 heavy (non-hydrogen) atoms. The van der Waals surface area contributed by atoms with Crippen LogP contribution in [0.2, 0.25) is 0 Å². The van der Waals surface area contributed by atoms with Crippen molar-refractivity contribution in [1.82, 2.24) is 9.55 Å². The highest BCUT2D eigenvalue weighted by atomic mass is 16.5. The van der Waals surface area contributed by atoms with Gasteiger partial charge in [-0.15, -0.1) is 0 Å². The first-order valence-corrected chi connectivity index (χ1v) is 7.80. The normalized spacial score (nSPS) is 10.4. The van der Waals surface area contributed by atoms with E-state index in [-0.39, 0.29) is 5.56 Å². The Morgan fingerprint density at radius 1 is 1.08 bits per heavy atom. The molecule has 0 bridgehead atoms. The lowest BCUT2D eigenvalue weighted by Crippen LogP contribution is -2.21. The molecule has 0 N–H and O–H groups in total. The van der Waals surface area contributed by atoms with E-state index in [2.05, 4.69) is 11.1 Å². The van der Waals surface area contributed by atoms with Gasteiger partial charge in [0.2, 0.25) is 5.75 Å². The van der Waals surface area contributed by atoms with Gasteiger partial charge in [-0.05, 0) is 23.8 Å². The summed E-state index contributed by atoms with van der Waals surface area (Å²) in [5, 5.41) is 9.24. The number of fused-ring (bicyclic) bond motifs is 1. The van der Waals surface area contributed by atoms with E-state index in [1.165, 1.54) is 32.2 Å². The summed E-state index contributed by atoms with van der Waals surface area (Å²) in [5.41, 5.74) is 1.64. The second-order valence-electron chi connectivity index (χ2n) is 5.53. The molecule has 0 unspecified atom stereocenters. The Morgan fingerprint density at radius 2 is 1.77 bits per heavy atom. The summed E-state index contributed by atoms with van der Waals surface area (Å²) in [4.78, 5) is 17.3. The first-order valence-electron chi connectivity index (χ1n) is 7.80. The highest BCUT2D eigenvalue weighted by Crippen LogP contribution is 2.41. The molecule has 0 amide bonds. The topological polar surface area (TPSA) is 86.4 Å². The lowest BCUT2D eigenvalue weighted by atomic mass is 10.1. The summed E-state index contributed by atoms with van der Waals surface area (Å²) in [5.74, 6) is 1.13. The molecule has 3 rings (SSSR count). The maximum Gasteiger partial charge on any atom is 0.261 e. The van der Waals surface area contributed by atoms with Crippen LogP contribution in [0.15, 0.2) is 41.5 Å². The van der Waals surface area contributed by atoms with Gasteiger partial charge in [-0.1, -0.05) is 12.1 Å². The maximum absolute atomic E-state index is 12.9. The van der Waals surface area contributed by atoms with E-state index >= 15 is 0 Å². The molecule has 7 nitrogen and oxygen atoms in total. The number of benzene rings is 2. The fourth-order valence-electron chi connectivity index (χ4n) is 2.76. The number of nitriles is 1.